The number of amides is 1. The number of carbonyl (C=O) groups excluding carboxylic acids is 1. The molecule has 2 heterocycles. The molecule has 1 fully saturated rings. The van der Waals surface area contributed by atoms with Crippen molar-refractivity contribution in [1.82, 2.24) is 4.90 Å². The molecule has 1 aromatic heterocycles. The lowest BCUT2D eigenvalue weighted by Gasteiger charge is -2.25. The summed E-state index contributed by atoms with van der Waals surface area (Å²) in [5, 5.41) is 2.12. The standard InChI is InChI=1S/C16H17NOS2/c1-11-5-6-13(12(2)10-11)16-17(7-9-20-16)15(18)14-4-3-8-19-14/h3-6,8,10,16H,7,9H2,1-2H3. The van der Waals surface area contributed by atoms with Crippen LogP contribution in [0.1, 0.15) is 31.7 Å². The van der Waals surface area contributed by atoms with E-state index < -0.39 is 0 Å². The van der Waals surface area contributed by atoms with Gasteiger partial charge >= 0.3 is 0 Å². The van der Waals surface area contributed by atoms with Gasteiger partial charge in [0.15, 0.2) is 0 Å². The van der Waals surface area contributed by atoms with Gasteiger partial charge in [0, 0.05) is 12.3 Å². The van der Waals surface area contributed by atoms with Crippen molar-refractivity contribution in [2.24, 2.45) is 0 Å². The van der Waals surface area contributed by atoms with Gasteiger partial charge in [-0.2, -0.15) is 0 Å². The van der Waals surface area contributed by atoms with Crippen molar-refractivity contribution < 1.29 is 4.79 Å². The molecule has 0 radical (unpaired) electrons. The van der Waals surface area contributed by atoms with Crippen molar-refractivity contribution in [3.8, 4) is 0 Å². The van der Waals surface area contributed by atoms with Gasteiger partial charge in [0.25, 0.3) is 5.91 Å². The van der Waals surface area contributed by atoms with Crippen LogP contribution in [0.5, 0.6) is 0 Å². The van der Waals surface area contributed by atoms with Crippen LogP contribution >= 0.6 is 23.1 Å². The summed E-state index contributed by atoms with van der Waals surface area (Å²) in [4.78, 5) is 15.4. The van der Waals surface area contributed by atoms with Crippen molar-refractivity contribution in [2.75, 3.05) is 12.3 Å². The largest absolute Gasteiger partial charge is 0.321 e. The van der Waals surface area contributed by atoms with Crippen molar-refractivity contribution in [2.45, 2.75) is 19.2 Å². The molecule has 4 heteroatoms. The molecule has 0 bridgehead atoms. The van der Waals surface area contributed by atoms with Crippen LogP contribution in [0.15, 0.2) is 35.7 Å². The summed E-state index contributed by atoms with van der Waals surface area (Å²) in [6, 6.07) is 10.3. The van der Waals surface area contributed by atoms with Crippen LogP contribution in [0.25, 0.3) is 0 Å². The van der Waals surface area contributed by atoms with Crippen molar-refractivity contribution in [1.29, 1.82) is 0 Å². The van der Waals surface area contributed by atoms with Crippen molar-refractivity contribution in [3.05, 3.63) is 57.3 Å². The van der Waals surface area contributed by atoms with E-state index in [2.05, 4.69) is 32.0 Å². The summed E-state index contributed by atoms with van der Waals surface area (Å²) >= 11 is 3.38. The van der Waals surface area contributed by atoms with Crippen LogP contribution in [0.2, 0.25) is 0 Å². The molecule has 1 aliphatic rings. The quantitative estimate of drug-likeness (QED) is 0.826. The van der Waals surface area contributed by atoms with E-state index in [1.54, 1.807) is 0 Å². The maximum absolute atomic E-state index is 12.6. The number of nitrogens with zero attached hydrogens (tertiary/aromatic N) is 1. The summed E-state index contributed by atoms with van der Waals surface area (Å²) < 4.78 is 0. The van der Waals surface area contributed by atoms with Crippen LogP contribution in [0, 0.1) is 13.8 Å². The molecule has 1 amide bonds. The van der Waals surface area contributed by atoms with Gasteiger partial charge in [-0.1, -0.05) is 29.8 Å². The number of thioether (sulfide) groups is 1. The van der Waals surface area contributed by atoms with Crippen LogP contribution in [0.3, 0.4) is 0 Å². The highest BCUT2D eigenvalue weighted by Crippen LogP contribution is 2.40. The van der Waals surface area contributed by atoms with E-state index in [0.29, 0.717) is 0 Å². The number of hydrogen-bond acceptors (Lipinski definition) is 3. The van der Waals surface area contributed by atoms with E-state index >= 15 is 0 Å². The average molecular weight is 303 g/mol. The molecule has 104 valence electrons. The van der Waals surface area contributed by atoms with E-state index in [4.69, 9.17) is 0 Å². The van der Waals surface area contributed by atoms with Gasteiger partial charge in [-0.05, 0) is 36.4 Å². The number of rotatable bonds is 2. The first-order valence-corrected chi connectivity index (χ1v) is 8.63. The Kier molecular flexibility index (Phi) is 3.85. The molecule has 0 aliphatic carbocycles. The Bertz CT molecular complexity index is 621. The fourth-order valence-electron chi connectivity index (χ4n) is 2.58. The first-order chi connectivity index (χ1) is 9.66. The van der Waals surface area contributed by atoms with E-state index in [1.807, 2.05) is 34.2 Å². The Hall–Kier alpha value is -1.26. The topological polar surface area (TPSA) is 20.3 Å². The second-order valence-corrected chi connectivity index (χ2v) is 7.19. The van der Waals surface area contributed by atoms with Gasteiger partial charge in [0.05, 0.1) is 4.88 Å². The van der Waals surface area contributed by atoms with Gasteiger partial charge < -0.3 is 4.90 Å². The normalized spacial score (nSPS) is 18.5. The highest BCUT2D eigenvalue weighted by atomic mass is 32.2. The lowest BCUT2D eigenvalue weighted by Crippen LogP contribution is -2.30. The minimum atomic E-state index is 0.158. The average Bonchev–Trinajstić information content (AvgIpc) is 3.09. The molecule has 2 aromatic rings. The minimum absolute atomic E-state index is 0.158. The molecule has 1 atom stereocenters. The molecule has 2 nitrogen and oxygen atoms in total. The summed E-state index contributed by atoms with van der Waals surface area (Å²) in [6.07, 6.45) is 0. The molecular weight excluding hydrogens is 286 g/mol. The zero-order chi connectivity index (χ0) is 14.1. The number of carbonyl (C=O) groups is 1. The molecule has 1 aromatic carbocycles. The zero-order valence-electron chi connectivity index (χ0n) is 11.6. The molecule has 1 aliphatic heterocycles. The summed E-state index contributed by atoms with van der Waals surface area (Å²) in [7, 11) is 0. The predicted molar refractivity (Wildman–Crippen MR) is 86.5 cm³/mol. The minimum Gasteiger partial charge on any atom is -0.321 e. The van der Waals surface area contributed by atoms with Gasteiger partial charge in [-0.3, -0.25) is 4.79 Å². The van der Waals surface area contributed by atoms with E-state index in [0.717, 1.165) is 17.2 Å². The zero-order valence-corrected chi connectivity index (χ0v) is 13.3. The molecule has 0 saturated carbocycles. The summed E-state index contributed by atoms with van der Waals surface area (Å²) in [5.74, 6) is 1.17. The van der Waals surface area contributed by atoms with Gasteiger partial charge in [0.1, 0.15) is 5.37 Å². The fourth-order valence-corrected chi connectivity index (χ4v) is 4.61. The van der Waals surface area contributed by atoms with E-state index in [-0.39, 0.29) is 11.3 Å². The third kappa shape index (κ3) is 2.50. The number of thiophene rings is 1. The smallest absolute Gasteiger partial charge is 0.265 e. The highest BCUT2D eigenvalue weighted by molar-refractivity contribution is 7.99. The number of hydrogen-bond donors (Lipinski definition) is 0. The lowest BCUT2D eigenvalue weighted by molar-refractivity contribution is 0.0765. The Morgan fingerprint density at radius 3 is 2.85 bits per heavy atom. The first-order valence-electron chi connectivity index (χ1n) is 6.70. The van der Waals surface area contributed by atoms with E-state index in [1.165, 1.54) is 28.0 Å². The fraction of sp³-hybridized carbons (Fsp3) is 0.312. The summed E-state index contributed by atoms with van der Waals surface area (Å²) in [6.45, 7) is 5.07. The Labute approximate surface area is 127 Å². The number of benzene rings is 1. The molecule has 1 saturated heterocycles. The molecule has 0 spiro atoms. The van der Waals surface area contributed by atoms with Gasteiger partial charge in [0.2, 0.25) is 0 Å². The van der Waals surface area contributed by atoms with Crippen molar-refractivity contribution >= 4 is 29.0 Å². The maximum Gasteiger partial charge on any atom is 0.265 e. The molecule has 3 rings (SSSR count). The highest BCUT2D eigenvalue weighted by Gasteiger charge is 2.32. The van der Waals surface area contributed by atoms with Crippen LogP contribution in [-0.2, 0) is 0 Å². The lowest BCUT2D eigenvalue weighted by atomic mass is 10.0. The monoisotopic (exact) mass is 303 g/mol. The van der Waals surface area contributed by atoms with Crippen LogP contribution < -0.4 is 0 Å². The molecule has 20 heavy (non-hydrogen) atoms. The second-order valence-electron chi connectivity index (χ2n) is 5.06. The third-order valence-corrected chi connectivity index (χ3v) is 5.68. The van der Waals surface area contributed by atoms with Gasteiger partial charge in [-0.15, -0.1) is 23.1 Å². The third-order valence-electron chi connectivity index (χ3n) is 3.58. The Morgan fingerprint density at radius 2 is 2.15 bits per heavy atom. The Balaban J connectivity index is 1.91. The maximum atomic E-state index is 12.6. The van der Waals surface area contributed by atoms with Gasteiger partial charge in [-0.25, -0.2) is 0 Å². The van der Waals surface area contributed by atoms with Crippen LogP contribution in [0.4, 0.5) is 0 Å². The molecular formula is C16H17NOS2. The number of aryl methyl sites for hydroxylation is 2. The van der Waals surface area contributed by atoms with E-state index in [9.17, 15) is 4.79 Å². The van der Waals surface area contributed by atoms with Crippen LogP contribution in [-0.4, -0.2) is 23.1 Å². The SMILES string of the molecule is Cc1ccc(C2SCCN2C(=O)c2cccs2)c(C)c1. The first kappa shape index (κ1) is 13.7. The molecule has 0 N–H and O–H groups in total. The predicted octanol–water partition coefficient (Wildman–Crippen LogP) is 4.25. The molecule has 1 unspecified atom stereocenters. The summed E-state index contributed by atoms with van der Waals surface area (Å²) in [5.41, 5.74) is 3.81. The van der Waals surface area contributed by atoms with Crippen molar-refractivity contribution in [3.63, 3.8) is 0 Å². The Morgan fingerprint density at radius 1 is 1.30 bits per heavy atom. The second kappa shape index (κ2) is 5.62.